The minimum Gasteiger partial charge on any atom is -0.409 e. The molecule has 0 unspecified atom stereocenters. The van der Waals surface area contributed by atoms with Crippen LogP contribution in [-0.4, -0.2) is 17.6 Å². The predicted molar refractivity (Wildman–Crippen MR) is 60.8 cm³/mol. The third-order valence-electron chi connectivity index (χ3n) is 2.31. The molecule has 88 valence electrons. The summed E-state index contributed by atoms with van der Waals surface area (Å²) in [6, 6.07) is 6.45. The molecule has 1 aromatic carbocycles. The highest BCUT2D eigenvalue weighted by molar-refractivity contribution is 5.79. The molecule has 5 heteroatoms. The molecule has 0 aliphatic carbocycles. The second kappa shape index (κ2) is 6.07. The summed E-state index contributed by atoms with van der Waals surface area (Å²) in [5.74, 6) is -0.0680. The minimum atomic E-state index is -0.248. The third-order valence-corrected chi connectivity index (χ3v) is 2.31. The molecule has 0 heterocycles. The second-order valence-electron chi connectivity index (χ2n) is 3.57. The van der Waals surface area contributed by atoms with Crippen LogP contribution < -0.4 is 11.1 Å². The zero-order valence-corrected chi connectivity index (χ0v) is 9.15. The van der Waals surface area contributed by atoms with Gasteiger partial charge in [0, 0.05) is 19.0 Å². The molecule has 1 aromatic rings. The van der Waals surface area contributed by atoms with E-state index in [1.54, 1.807) is 6.07 Å². The summed E-state index contributed by atoms with van der Waals surface area (Å²) in [5.41, 5.74) is 6.20. The first kappa shape index (κ1) is 12.4. The Hall–Kier alpha value is -1.62. The molecule has 0 spiro atoms. The Bertz CT molecular complexity index is 368. The zero-order chi connectivity index (χ0) is 12.0. The van der Waals surface area contributed by atoms with Gasteiger partial charge in [-0.05, 0) is 24.6 Å². The fourth-order valence-electron chi connectivity index (χ4n) is 1.36. The highest BCUT2D eigenvalue weighted by Crippen LogP contribution is 2.12. The number of oxime groups is 1. The maximum Gasteiger partial charge on any atom is 0.140 e. The van der Waals surface area contributed by atoms with Crippen molar-refractivity contribution in [2.75, 3.05) is 6.54 Å². The number of halogens is 1. The molecule has 0 radical (unpaired) electrons. The van der Waals surface area contributed by atoms with E-state index in [0.29, 0.717) is 13.0 Å². The van der Waals surface area contributed by atoms with Gasteiger partial charge in [0.05, 0.1) is 0 Å². The van der Waals surface area contributed by atoms with Crippen LogP contribution in [0.2, 0.25) is 0 Å². The van der Waals surface area contributed by atoms with Crippen LogP contribution in [0.3, 0.4) is 0 Å². The van der Waals surface area contributed by atoms with Gasteiger partial charge in [-0.2, -0.15) is 0 Å². The van der Waals surface area contributed by atoms with Crippen molar-refractivity contribution in [1.29, 1.82) is 0 Å². The largest absolute Gasteiger partial charge is 0.409 e. The highest BCUT2D eigenvalue weighted by Gasteiger charge is 2.05. The number of hydrogen-bond donors (Lipinski definition) is 3. The Morgan fingerprint density at radius 2 is 2.38 bits per heavy atom. The van der Waals surface area contributed by atoms with E-state index in [4.69, 9.17) is 10.9 Å². The quantitative estimate of drug-likeness (QED) is 0.308. The molecular weight excluding hydrogens is 209 g/mol. The van der Waals surface area contributed by atoms with Crippen molar-refractivity contribution in [2.24, 2.45) is 10.9 Å². The van der Waals surface area contributed by atoms with E-state index in [2.05, 4.69) is 10.5 Å². The molecular formula is C11H16FN3O. The van der Waals surface area contributed by atoms with Crippen LogP contribution in [0.1, 0.15) is 24.9 Å². The molecule has 0 saturated carbocycles. The fraction of sp³-hybridized carbons (Fsp3) is 0.364. The van der Waals surface area contributed by atoms with Crippen LogP contribution in [0.25, 0.3) is 0 Å². The van der Waals surface area contributed by atoms with Gasteiger partial charge in [-0.15, -0.1) is 0 Å². The lowest BCUT2D eigenvalue weighted by atomic mass is 10.1. The van der Waals surface area contributed by atoms with Crippen molar-refractivity contribution < 1.29 is 9.60 Å². The summed E-state index contributed by atoms with van der Waals surface area (Å²) in [7, 11) is 0. The number of nitrogens with one attached hydrogen (secondary N) is 1. The summed E-state index contributed by atoms with van der Waals surface area (Å²) in [4.78, 5) is 0. The van der Waals surface area contributed by atoms with Crippen molar-refractivity contribution in [3.8, 4) is 0 Å². The van der Waals surface area contributed by atoms with E-state index in [1.807, 2.05) is 13.0 Å². The van der Waals surface area contributed by atoms with E-state index in [1.165, 1.54) is 12.1 Å². The average molecular weight is 225 g/mol. The van der Waals surface area contributed by atoms with Crippen LogP contribution in [0, 0.1) is 5.82 Å². The SMILES string of the molecule is C[C@H](NCC/C(N)=N/O)c1cccc(F)c1. The van der Waals surface area contributed by atoms with Crippen molar-refractivity contribution in [1.82, 2.24) is 5.32 Å². The van der Waals surface area contributed by atoms with Gasteiger partial charge in [0.1, 0.15) is 11.7 Å². The molecule has 0 aromatic heterocycles. The van der Waals surface area contributed by atoms with Crippen LogP contribution in [-0.2, 0) is 0 Å². The molecule has 0 aliphatic rings. The van der Waals surface area contributed by atoms with Crippen LogP contribution in [0.5, 0.6) is 0 Å². The Labute approximate surface area is 94.0 Å². The number of amidine groups is 1. The van der Waals surface area contributed by atoms with Crippen molar-refractivity contribution in [2.45, 2.75) is 19.4 Å². The monoisotopic (exact) mass is 225 g/mol. The first-order valence-corrected chi connectivity index (χ1v) is 5.08. The Morgan fingerprint density at radius 1 is 1.62 bits per heavy atom. The zero-order valence-electron chi connectivity index (χ0n) is 9.15. The molecule has 1 rings (SSSR count). The number of nitrogens with two attached hydrogens (primary N) is 1. The molecule has 4 N–H and O–H groups in total. The molecule has 1 atom stereocenters. The lowest BCUT2D eigenvalue weighted by molar-refractivity contribution is 0.316. The first-order valence-electron chi connectivity index (χ1n) is 5.08. The van der Waals surface area contributed by atoms with Crippen LogP contribution >= 0.6 is 0 Å². The van der Waals surface area contributed by atoms with E-state index in [0.717, 1.165) is 5.56 Å². The van der Waals surface area contributed by atoms with Crippen LogP contribution in [0.4, 0.5) is 4.39 Å². The maximum absolute atomic E-state index is 12.9. The Balaban J connectivity index is 2.44. The molecule has 0 amide bonds. The predicted octanol–water partition coefficient (Wildman–Crippen LogP) is 1.61. The van der Waals surface area contributed by atoms with Crippen LogP contribution in [0.15, 0.2) is 29.4 Å². The highest BCUT2D eigenvalue weighted by atomic mass is 19.1. The minimum absolute atomic E-state index is 0.0298. The van der Waals surface area contributed by atoms with Gasteiger partial charge in [-0.25, -0.2) is 4.39 Å². The van der Waals surface area contributed by atoms with Gasteiger partial charge in [0.2, 0.25) is 0 Å². The van der Waals surface area contributed by atoms with Crippen molar-refractivity contribution >= 4 is 5.84 Å². The van der Waals surface area contributed by atoms with Gasteiger partial charge in [-0.1, -0.05) is 17.3 Å². The van der Waals surface area contributed by atoms with Gasteiger partial charge < -0.3 is 16.3 Å². The molecule has 16 heavy (non-hydrogen) atoms. The van der Waals surface area contributed by atoms with E-state index >= 15 is 0 Å². The molecule has 0 fully saturated rings. The number of nitrogens with zero attached hydrogens (tertiary/aromatic N) is 1. The normalized spacial score (nSPS) is 13.8. The third kappa shape index (κ3) is 3.86. The van der Waals surface area contributed by atoms with E-state index in [-0.39, 0.29) is 17.7 Å². The number of rotatable bonds is 5. The van der Waals surface area contributed by atoms with Gasteiger partial charge in [-0.3, -0.25) is 0 Å². The smallest absolute Gasteiger partial charge is 0.140 e. The van der Waals surface area contributed by atoms with E-state index in [9.17, 15) is 4.39 Å². The second-order valence-corrected chi connectivity index (χ2v) is 3.57. The summed E-state index contributed by atoms with van der Waals surface area (Å²) < 4.78 is 12.9. The van der Waals surface area contributed by atoms with Gasteiger partial charge in [0.25, 0.3) is 0 Å². The topological polar surface area (TPSA) is 70.6 Å². The Morgan fingerprint density at radius 3 is 3.00 bits per heavy atom. The lowest BCUT2D eigenvalue weighted by Gasteiger charge is -2.13. The summed E-state index contributed by atoms with van der Waals surface area (Å²) in [6.45, 7) is 2.51. The molecule has 0 aliphatic heterocycles. The van der Waals surface area contributed by atoms with Crippen molar-refractivity contribution in [3.05, 3.63) is 35.6 Å². The number of benzene rings is 1. The van der Waals surface area contributed by atoms with Gasteiger partial charge in [0.15, 0.2) is 0 Å². The first-order chi connectivity index (χ1) is 7.63. The maximum atomic E-state index is 12.9. The molecule has 0 bridgehead atoms. The Kier molecular flexibility index (Phi) is 4.72. The summed E-state index contributed by atoms with van der Waals surface area (Å²) in [6.07, 6.45) is 0.455. The van der Waals surface area contributed by atoms with Crippen molar-refractivity contribution in [3.63, 3.8) is 0 Å². The summed E-state index contributed by atoms with van der Waals surface area (Å²) >= 11 is 0. The average Bonchev–Trinajstić information content (AvgIpc) is 2.28. The number of hydrogen-bond acceptors (Lipinski definition) is 3. The fourth-order valence-corrected chi connectivity index (χ4v) is 1.36. The standard InChI is InChI=1S/C11H16FN3O/c1-8(14-6-5-11(13)15-16)9-3-2-4-10(12)7-9/h2-4,7-8,14,16H,5-6H2,1H3,(H2,13,15)/t8-/m0/s1. The summed E-state index contributed by atoms with van der Waals surface area (Å²) in [5, 5.41) is 14.4. The molecule has 4 nitrogen and oxygen atoms in total. The van der Waals surface area contributed by atoms with Gasteiger partial charge >= 0.3 is 0 Å². The lowest BCUT2D eigenvalue weighted by Crippen LogP contribution is -2.24. The molecule has 0 saturated heterocycles. The van der Waals surface area contributed by atoms with E-state index < -0.39 is 0 Å².